The first kappa shape index (κ1) is 18.4. The molecule has 1 aliphatic carbocycles. The molecule has 5 nitrogen and oxygen atoms in total. The van der Waals surface area contributed by atoms with Crippen molar-refractivity contribution in [2.75, 3.05) is 40.1 Å². The van der Waals surface area contributed by atoms with E-state index in [-0.39, 0.29) is 12.0 Å². The normalized spacial score (nSPS) is 12.5. The standard InChI is InChI=1S/C21H25NO4/c1-24-13-14-25-12-6-11-22-21(23)26-15-20-18-9-4-2-7-16(18)17-8-3-5-10-19(17)20/h2-5,7-10,20H,6,11-15H2,1H3,(H,22,23). The maximum atomic E-state index is 12.0. The average molecular weight is 355 g/mol. The van der Waals surface area contributed by atoms with E-state index in [1.807, 2.05) is 24.3 Å². The molecule has 2 aromatic rings. The molecule has 1 N–H and O–H groups in total. The van der Waals surface area contributed by atoms with Crippen LogP contribution in [0.3, 0.4) is 0 Å². The molecule has 138 valence electrons. The van der Waals surface area contributed by atoms with E-state index in [9.17, 15) is 4.79 Å². The summed E-state index contributed by atoms with van der Waals surface area (Å²) in [5.74, 6) is 0.0885. The van der Waals surface area contributed by atoms with Crippen molar-refractivity contribution < 1.29 is 19.0 Å². The highest BCUT2D eigenvalue weighted by Gasteiger charge is 2.28. The van der Waals surface area contributed by atoms with Crippen LogP contribution in [0.25, 0.3) is 11.1 Å². The second kappa shape index (κ2) is 9.36. The van der Waals surface area contributed by atoms with Gasteiger partial charge in [0.15, 0.2) is 0 Å². The number of hydrogen-bond acceptors (Lipinski definition) is 4. The van der Waals surface area contributed by atoms with Crippen LogP contribution in [-0.2, 0) is 14.2 Å². The summed E-state index contributed by atoms with van der Waals surface area (Å²) in [4.78, 5) is 12.0. The predicted octanol–water partition coefficient (Wildman–Crippen LogP) is 3.58. The third-order valence-electron chi connectivity index (χ3n) is 4.51. The fraction of sp³-hybridized carbons (Fsp3) is 0.381. The number of hydrogen-bond donors (Lipinski definition) is 1. The molecule has 0 aliphatic heterocycles. The third-order valence-corrected chi connectivity index (χ3v) is 4.51. The Kier molecular flexibility index (Phi) is 6.63. The maximum absolute atomic E-state index is 12.0. The Hall–Kier alpha value is -2.37. The maximum Gasteiger partial charge on any atom is 0.407 e. The fourth-order valence-electron chi connectivity index (χ4n) is 3.26. The monoisotopic (exact) mass is 355 g/mol. The van der Waals surface area contributed by atoms with Crippen molar-refractivity contribution >= 4 is 6.09 Å². The van der Waals surface area contributed by atoms with Crippen LogP contribution in [0.5, 0.6) is 0 Å². The lowest BCUT2D eigenvalue weighted by atomic mass is 9.98. The predicted molar refractivity (Wildman–Crippen MR) is 100 cm³/mol. The molecule has 0 bridgehead atoms. The average Bonchev–Trinajstić information content (AvgIpc) is 3.00. The number of fused-ring (bicyclic) bond motifs is 3. The van der Waals surface area contributed by atoms with Crippen LogP contribution < -0.4 is 5.32 Å². The molecule has 2 aromatic carbocycles. The fourth-order valence-corrected chi connectivity index (χ4v) is 3.26. The Labute approximate surface area is 154 Å². The van der Waals surface area contributed by atoms with Crippen molar-refractivity contribution in [1.82, 2.24) is 5.32 Å². The Morgan fingerprint density at radius 2 is 1.62 bits per heavy atom. The summed E-state index contributed by atoms with van der Waals surface area (Å²) in [6.45, 7) is 2.61. The van der Waals surface area contributed by atoms with Gasteiger partial charge in [0.25, 0.3) is 0 Å². The van der Waals surface area contributed by atoms with Crippen molar-refractivity contribution in [1.29, 1.82) is 0 Å². The summed E-state index contributed by atoms with van der Waals surface area (Å²) in [5.41, 5.74) is 4.89. The summed E-state index contributed by atoms with van der Waals surface area (Å²) in [5, 5.41) is 2.77. The molecule has 0 saturated carbocycles. The van der Waals surface area contributed by atoms with Gasteiger partial charge in [0.2, 0.25) is 0 Å². The molecule has 1 aliphatic rings. The number of ether oxygens (including phenoxy) is 3. The summed E-state index contributed by atoms with van der Waals surface area (Å²) in [6.07, 6.45) is 0.359. The molecule has 0 unspecified atom stereocenters. The number of nitrogens with one attached hydrogen (secondary N) is 1. The van der Waals surface area contributed by atoms with Gasteiger partial charge in [-0.15, -0.1) is 0 Å². The third kappa shape index (κ3) is 4.42. The van der Waals surface area contributed by atoms with Gasteiger partial charge in [0.05, 0.1) is 13.2 Å². The Bertz CT molecular complexity index is 686. The molecule has 0 aromatic heterocycles. The lowest BCUT2D eigenvalue weighted by Crippen LogP contribution is -2.27. The first-order valence-electron chi connectivity index (χ1n) is 8.97. The number of amides is 1. The number of alkyl carbamates (subject to hydrolysis) is 1. The second-order valence-corrected chi connectivity index (χ2v) is 6.21. The van der Waals surface area contributed by atoms with Crippen molar-refractivity contribution in [3.63, 3.8) is 0 Å². The molecular weight excluding hydrogens is 330 g/mol. The summed E-state index contributed by atoms with van der Waals surface area (Å²) in [6, 6.07) is 16.6. The molecule has 3 rings (SSSR count). The van der Waals surface area contributed by atoms with Crippen molar-refractivity contribution in [3.05, 3.63) is 59.7 Å². The second-order valence-electron chi connectivity index (χ2n) is 6.21. The van der Waals surface area contributed by atoms with Gasteiger partial charge >= 0.3 is 6.09 Å². The molecular formula is C21H25NO4. The van der Waals surface area contributed by atoms with Gasteiger partial charge in [-0.25, -0.2) is 4.79 Å². The molecule has 1 amide bonds. The number of benzene rings is 2. The lowest BCUT2D eigenvalue weighted by Gasteiger charge is -2.14. The topological polar surface area (TPSA) is 56.8 Å². The molecule has 5 heteroatoms. The van der Waals surface area contributed by atoms with E-state index in [1.54, 1.807) is 7.11 Å². The first-order valence-corrected chi connectivity index (χ1v) is 8.97. The van der Waals surface area contributed by atoms with Crippen molar-refractivity contribution in [3.8, 4) is 11.1 Å². The Morgan fingerprint density at radius 1 is 0.962 bits per heavy atom. The van der Waals surface area contributed by atoms with Crippen LogP contribution in [0.2, 0.25) is 0 Å². The van der Waals surface area contributed by atoms with Gasteiger partial charge < -0.3 is 19.5 Å². The van der Waals surface area contributed by atoms with Crippen LogP contribution >= 0.6 is 0 Å². The van der Waals surface area contributed by atoms with Gasteiger partial charge in [0, 0.05) is 26.2 Å². The largest absolute Gasteiger partial charge is 0.449 e. The number of rotatable bonds is 9. The van der Waals surface area contributed by atoms with E-state index in [0.717, 1.165) is 6.42 Å². The van der Waals surface area contributed by atoms with E-state index in [2.05, 4.69) is 29.6 Å². The van der Waals surface area contributed by atoms with E-state index in [4.69, 9.17) is 14.2 Å². The molecule has 0 fully saturated rings. The highest BCUT2D eigenvalue weighted by Crippen LogP contribution is 2.44. The van der Waals surface area contributed by atoms with E-state index < -0.39 is 0 Å². The lowest BCUT2D eigenvalue weighted by molar-refractivity contribution is 0.0691. The number of methoxy groups -OCH3 is 1. The van der Waals surface area contributed by atoms with E-state index >= 15 is 0 Å². The smallest absolute Gasteiger partial charge is 0.407 e. The number of carbonyl (C=O) groups excluding carboxylic acids is 1. The van der Waals surface area contributed by atoms with Crippen LogP contribution in [0.15, 0.2) is 48.5 Å². The summed E-state index contributed by atoms with van der Waals surface area (Å²) >= 11 is 0. The Balaban J connectivity index is 1.47. The Morgan fingerprint density at radius 3 is 2.27 bits per heavy atom. The molecule has 0 atom stereocenters. The molecule has 0 spiro atoms. The van der Waals surface area contributed by atoms with E-state index in [1.165, 1.54) is 22.3 Å². The zero-order valence-corrected chi connectivity index (χ0v) is 15.1. The summed E-state index contributed by atoms with van der Waals surface area (Å²) < 4.78 is 15.7. The zero-order valence-electron chi connectivity index (χ0n) is 15.1. The number of carbonyl (C=O) groups is 1. The van der Waals surface area contributed by atoms with Crippen LogP contribution in [0.1, 0.15) is 23.5 Å². The molecule has 0 radical (unpaired) electrons. The summed E-state index contributed by atoms with van der Waals surface area (Å²) in [7, 11) is 1.64. The van der Waals surface area contributed by atoms with Gasteiger partial charge in [-0.2, -0.15) is 0 Å². The van der Waals surface area contributed by atoms with Gasteiger partial charge in [-0.1, -0.05) is 48.5 Å². The molecule has 0 saturated heterocycles. The van der Waals surface area contributed by atoms with Gasteiger partial charge in [-0.05, 0) is 28.7 Å². The van der Waals surface area contributed by atoms with Crippen LogP contribution in [0.4, 0.5) is 4.79 Å². The first-order chi connectivity index (χ1) is 12.8. The minimum absolute atomic E-state index is 0.0885. The minimum atomic E-state index is -0.385. The van der Waals surface area contributed by atoms with Crippen molar-refractivity contribution in [2.45, 2.75) is 12.3 Å². The van der Waals surface area contributed by atoms with Gasteiger partial charge in [-0.3, -0.25) is 0 Å². The zero-order chi connectivity index (χ0) is 18.2. The van der Waals surface area contributed by atoms with Crippen LogP contribution in [-0.4, -0.2) is 46.2 Å². The quantitative estimate of drug-likeness (QED) is 0.699. The van der Waals surface area contributed by atoms with Gasteiger partial charge in [0.1, 0.15) is 6.61 Å². The molecule has 26 heavy (non-hydrogen) atoms. The van der Waals surface area contributed by atoms with Crippen LogP contribution in [0, 0.1) is 0 Å². The van der Waals surface area contributed by atoms with E-state index in [0.29, 0.717) is 33.0 Å². The minimum Gasteiger partial charge on any atom is -0.449 e. The SMILES string of the molecule is COCCOCCCNC(=O)OCC1c2ccccc2-c2ccccc21. The highest BCUT2D eigenvalue weighted by molar-refractivity contribution is 5.79. The highest BCUT2D eigenvalue weighted by atomic mass is 16.5. The van der Waals surface area contributed by atoms with Crippen molar-refractivity contribution in [2.24, 2.45) is 0 Å². The molecule has 0 heterocycles.